The van der Waals surface area contributed by atoms with Crippen LogP contribution in [-0.4, -0.2) is 17.6 Å². The van der Waals surface area contributed by atoms with Gasteiger partial charge in [-0.2, -0.15) is 5.26 Å². The maximum atomic E-state index is 13.3. The summed E-state index contributed by atoms with van der Waals surface area (Å²) >= 11 is 11.9. The van der Waals surface area contributed by atoms with E-state index in [1.54, 1.807) is 0 Å². The first-order valence-corrected chi connectivity index (χ1v) is 6.30. The number of nitriles is 1. The average molecular weight is 328 g/mol. The summed E-state index contributed by atoms with van der Waals surface area (Å²) in [6.07, 6.45) is 1.28. The van der Waals surface area contributed by atoms with E-state index >= 15 is 0 Å². The second kappa shape index (κ2) is 5.64. The molecule has 2 rings (SSSR count). The molecular formula is C13H8Cl2FN3O2. The number of nitrogen functional groups attached to an aromatic ring is 1. The zero-order chi connectivity index (χ0) is 15.7. The third kappa shape index (κ3) is 2.53. The molecule has 0 amide bonds. The minimum Gasteiger partial charge on any atom is -0.464 e. The van der Waals surface area contributed by atoms with Crippen molar-refractivity contribution >= 4 is 34.9 Å². The number of rotatable bonds is 2. The Hall–Kier alpha value is -2.23. The summed E-state index contributed by atoms with van der Waals surface area (Å²) in [7, 11) is 1.17. The molecular weight excluding hydrogens is 320 g/mol. The van der Waals surface area contributed by atoms with E-state index in [2.05, 4.69) is 4.74 Å². The summed E-state index contributed by atoms with van der Waals surface area (Å²) in [6, 6.07) is 3.91. The number of aromatic nitrogens is 1. The van der Waals surface area contributed by atoms with Gasteiger partial charge < -0.3 is 15.0 Å². The maximum Gasteiger partial charge on any atom is 0.357 e. The molecule has 108 valence electrons. The van der Waals surface area contributed by atoms with Gasteiger partial charge in [0, 0.05) is 6.20 Å². The van der Waals surface area contributed by atoms with E-state index in [-0.39, 0.29) is 32.7 Å². The summed E-state index contributed by atoms with van der Waals surface area (Å²) in [4.78, 5) is 11.9. The number of nitrogens with two attached hydrogens (primary N) is 1. The molecule has 0 unspecified atom stereocenters. The molecule has 1 aromatic carbocycles. The highest BCUT2D eigenvalue weighted by Gasteiger charge is 2.24. The van der Waals surface area contributed by atoms with Crippen LogP contribution >= 0.6 is 23.2 Å². The van der Waals surface area contributed by atoms with Crippen LogP contribution in [0.1, 0.15) is 16.1 Å². The van der Waals surface area contributed by atoms with Gasteiger partial charge in [-0.05, 0) is 12.1 Å². The van der Waals surface area contributed by atoms with Gasteiger partial charge in [-0.15, -0.1) is 0 Å². The van der Waals surface area contributed by atoms with Gasteiger partial charge in [0.1, 0.15) is 11.9 Å². The summed E-state index contributed by atoms with van der Waals surface area (Å²) in [6.45, 7) is 0. The van der Waals surface area contributed by atoms with Gasteiger partial charge in [0.2, 0.25) is 0 Å². The van der Waals surface area contributed by atoms with Crippen molar-refractivity contribution in [1.29, 1.82) is 5.26 Å². The predicted octanol–water partition coefficient (Wildman–Crippen LogP) is 3.16. The van der Waals surface area contributed by atoms with Gasteiger partial charge in [0.05, 0.1) is 34.1 Å². The van der Waals surface area contributed by atoms with Crippen LogP contribution in [0.5, 0.6) is 0 Å². The van der Waals surface area contributed by atoms with Gasteiger partial charge in [-0.1, -0.05) is 23.2 Å². The number of hydrogen-bond donors (Lipinski definition) is 1. The fourth-order valence-corrected chi connectivity index (χ4v) is 2.50. The van der Waals surface area contributed by atoms with Crippen LogP contribution in [0.2, 0.25) is 10.0 Å². The Balaban J connectivity index is 2.82. The van der Waals surface area contributed by atoms with E-state index < -0.39 is 11.8 Å². The van der Waals surface area contributed by atoms with Crippen LogP contribution < -0.4 is 5.73 Å². The molecule has 0 atom stereocenters. The Morgan fingerprint density at radius 1 is 1.43 bits per heavy atom. The van der Waals surface area contributed by atoms with Crippen molar-refractivity contribution < 1.29 is 13.9 Å². The summed E-state index contributed by atoms with van der Waals surface area (Å²) in [5, 5.41) is 8.94. The van der Waals surface area contributed by atoms with Crippen molar-refractivity contribution in [3.05, 3.63) is 45.4 Å². The largest absolute Gasteiger partial charge is 0.464 e. The Morgan fingerprint density at radius 2 is 2.00 bits per heavy atom. The summed E-state index contributed by atoms with van der Waals surface area (Å²) in [5.41, 5.74) is 5.76. The van der Waals surface area contributed by atoms with Crippen molar-refractivity contribution in [2.75, 3.05) is 12.8 Å². The molecule has 0 bridgehead atoms. The standard InChI is InChI=1S/C13H8Cl2FN3O2/c1-21-13(20)12-10(18)6(4-17)5-19(12)11-8(14)2-7(16)3-9(11)15/h2-3,5H,18H2,1H3. The molecule has 1 aromatic heterocycles. The Labute approximate surface area is 129 Å². The molecule has 0 radical (unpaired) electrons. The molecule has 5 nitrogen and oxygen atoms in total. The molecule has 0 spiro atoms. The van der Waals surface area contributed by atoms with Crippen LogP contribution in [0.4, 0.5) is 10.1 Å². The first kappa shape index (κ1) is 15.2. The highest BCUT2D eigenvalue weighted by Crippen LogP contribution is 2.34. The summed E-state index contributed by atoms with van der Waals surface area (Å²) in [5.74, 6) is -1.40. The Kier molecular flexibility index (Phi) is 4.07. The van der Waals surface area contributed by atoms with Crippen LogP contribution in [-0.2, 0) is 4.74 Å². The minimum absolute atomic E-state index is 0.0374. The number of carbonyl (C=O) groups is 1. The number of ether oxygens (including phenoxy) is 1. The van der Waals surface area contributed by atoms with E-state index in [1.807, 2.05) is 6.07 Å². The highest BCUT2D eigenvalue weighted by molar-refractivity contribution is 6.37. The first-order valence-electron chi connectivity index (χ1n) is 5.54. The number of benzene rings is 1. The van der Waals surface area contributed by atoms with Crippen molar-refractivity contribution in [3.63, 3.8) is 0 Å². The van der Waals surface area contributed by atoms with Gasteiger partial charge >= 0.3 is 5.97 Å². The second-order valence-corrected chi connectivity index (χ2v) is 4.81. The van der Waals surface area contributed by atoms with Crippen LogP contribution in [0.15, 0.2) is 18.3 Å². The molecule has 0 saturated heterocycles. The molecule has 21 heavy (non-hydrogen) atoms. The Morgan fingerprint density at radius 3 is 2.48 bits per heavy atom. The Bertz CT molecular complexity index is 757. The molecule has 2 N–H and O–H groups in total. The highest BCUT2D eigenvalue weighted by atomic mass is 35.5. The lowest BCUT2D eigenvalue weighted by Crippen LogP contribution is -2.11. The van der Waals surface area contributed by atoms with E-state index in [0.29, 0.717) is 0 Å². The average Bonchev–Trinajstić information content (AvgIpc) is 2.73. The molecule has 0 aliphatic rings. The lowest BCUT2D eigenvalue weighted by atomic mass is 10.2. The monoisotopic (exact) mass is 327 g/mol. The molecule has 0 aliphatic heterocycles. The molecule has 0 aliphatic carbocycles. The van der Waals surface area contributed by atoms with Gasteiger partial charge in [0.15, 0.2) is 5.69 Å². The first-order chi connectivity index (χ1) is 9.90. The molecule has 1 heterocycles. The normalized spacial score (nSPS) is 10.2. The van der Waals surface area contributed by atoms with E-state index in [4.69, 9.17) is 34.2 Å². The molecule has 2 aromatic rings. The predicted molar refractivity (Wildman–Crippen MR) is 76.2 cm³/mol. The topological polar surface area (TPSA) is 81.0 Å². The smallest absolute Gasteiger partial charge is 0.357 e. The third-order valence-corrected chi connectivity index (χ3v) is 3.34. The third-order valence-electron chi connectivity index (χ3n) is 2.77. The van der Waals surface area contributed by atoms with Crippen molar-refractivity contribution in [3.8, 4) is 11.8 Å². The fourth-order valence-electron chi connectivity index (χ4n) is 1.86. The van der Waals surface area contributed by atoms with Gasteiger partial charge in [-0.3, -0.25) is 0 Å². The van der Waals surface area contributed by atoms with Crippen LogP contribution in [0.3, 0.4) is 0 Å². The SMILES string of the molecule is COC(=O)c1c(N)c(C#N)cn1-c1c(Cl)cc(F)cc1Cl. The fraction of sp³-hybridized carbons (Fsp3) is 0.0769. The molecule has 0 saturated carbocycles. The van der Waals surface area contributed by atoms with E-state index in [9.17, 15) is 9.18 Å². The van der Waals surface area contributed by atoms with E-state index in [1.165, 1.54) is 17.9 Å². The number of methoxy groups -OCH3 is 1. The zero-order valence-corrected chi connectivity index (χ0v) is 12.2. The molecule has 0 fully saturated rings. The van der Waals surface area contributed by atoms with Gasteiger partial charge in [0.25, 0.3) is 0 Å². The number of halogens is 3. The van der Waals surface area contributed by atoms with Crippen molar-refractivity contribution in [1.82, 2.24) is 4.57 Å². The second-order valence-electron chi connectivity index (χ2n) is 4.00. The number of hydrogen-bond acceptors (Lipinski definition) is 4. The number of carbonyl (C=O) groups excluding carboxylic acids is 1. The quantitative estimate of drug-likeness (QED) is 0.859. The van der Waals surface area contributed by atoms with Crippen molar-refractivity contribution in [2.24, 2.45) is 0 Å². The molecule has 8 heteroatoms. The number of nitrogens with zero attached hydrogens (tertiary/aromatic N) is 2. The lowest BCUT2D eigenvalue weighted by Gasteiger charge is -2.12. The van der Waals surface area contributed by atoms with Crippen LogP contribution in [0, 0.1) is 17.1 Å². The lowest BCUT2D eigenvalue weighted by molar-refractivity contribution is 0.0593. The minimum atomic E-state index is -0.773. The maximum absolute atomic E-state index is 13.3. The number of esters is 1. The van der Waals surface area contributed by atoms with Gasteiger partial charge in [-0.25, -0.2) is 9.18 Å². The van der Waals surface area contributed by atoms with Crippen molar-refractivity contribution in [2.45, 2.75) is 0 Å². The zero-order valence-electron chi connectivity index (χ0n) is 10.7. The summed E-state index contributed by atoms with van der Waals surface area (Å²) < 4.78 is 19.1. The van der Waals surface area contributed by atoms with E-state index in [0.717, 1.165) is 12.1 Å². The van der Waals surface area contributed by atoms with Crippen LogP contribution in [0.25, 0.3) is 5.69 Å². The number of anilines is 1.